The van der Waals surface area contributed by atoms with Crippen molar-refractivity contribution < 1.29 is 13.2 Å². The SMILES string of the molecule is Cc1cc([C@@H](C)Nc2ccc(Cl)nc2C)c2oc(-c3cnn(C(F)F)c3)c(C)c(=O)c2c1. The van der Waals surface area contributed by atoms with Gasteiger partial charge in [0, 0.05) is 17.3 Å². The molecule has 0 saturated carbocycles. The highest BCUT2D eigenvalue weighted by atomic mass is 35.5. The maximum absolute atomic E-state index is 13.2. The third kappa shape index (κ3) is 3.98. The van der Waals surface area contributed by atoms with Crippen molar-refractivity contribution >= 4 is 28.3 Å². The molecular weight excluding hydrogens is 438 g/mol. The number of rotatable bonds is 5. The van der Waals surface area contributed by atoms with Gasteiger partial charge in [0.05, 0.1) is 34.6 Å². The lowest BCUT2D eigenvalue weighted by Gasteiger charge is -2.19. The van der Waals surface area contributed by atoms with Gasteiger partial charge < -0.3 is 9.73 Å². The number of aryl methyl sites for hydroxylation is 2. The molecule has 32 heavy (non-hydrogen) atoms. The second kappa shape index (κ2) is 8.35. The molecule has 0 unspecified atom stereocenters. The molecule has 1 atom stereocenters. The van der Waals surface area contributed by atoms with Gasteiger partial charge in [-0.2, -0.15) is 13.9 Å². The van der Waals surface area contributed by atoms with Crippen LogP contribution in [-0.4, -0.2) is 14.8 Å². The van der Waals surface area contributed by atoms with Gasteiger partial charge in [0.2, 0.25) is 0 Å². The van der Waals surface area contributed by atoms with Crippen molar-refractivity contribution in [1.29, 1.82) is 0 Å². The maximum atomic E-state index is 13.2. The number of fused-ring (bicyclic) bond motifs is 1. The Kier molecular flexibility index (Phi) is 5.73. The topological polar surface area (TPSA) is 73.0 Å². The average Bonchev–Trinajstić information content (AvgIpc) is 3.23. The largest absolute Gasteiger partial charge is 0.455 e. The zero-order chi connectivity index (χ0) is 23.2. The summed E-state index contributed by atoms with van der Waals surface area (Å²) in [5, 5.41) is 7.88. The zero-order valence-corrected chi connectivity index (χ0v) is 18.7. The lowest BCUT2D eigenvalue weighted by molar-refractivity contribution is 0.0566. The Morgan fingerprint density at radius 2 is 1.94 bits per heavy atom. The summed E-state index contributed by atoms with van der Waals surface area (Å²) in [6, 6.07) is 6.99. The highest BCUT2D eigenvalue weighted by Crippen LogP contribution is 2.32. The number of alkyl halides is 2. The number of benzene rings is 1. The quantitative estimate of drug-likeness (QED) is 0.360. The van der Waals surface area contributed by atoms with E-state index in [0.717, 1.165) is 22.5 Å². The van der Waals surface area contributed by atoms with Crippen molar-refractivity contribution in [2.45, 2.75) is 40.3 Å². The van der Waals surface area contributed by atoms with Crippen molar-refractivity contribution in [3.8, 4) is 11.3 Å². The maximum Gasteiger partial charge on any atom is 0.333 e. The van der Waals surface area contributed by atoms with Gasteiger partial charge in [0.15, 0.2) is 5.43 Å². The van der Waals surface area contributed by atoms with Gasteiger partial charge in [-0.15, -0.1) is 0 Å². The Bertz CT molecular complexity index is 1380. The summed E-state index contributed by atoms with van der Waals surface area (Å²) in [6.45, 7) is 4.52. The smallest absolute Gasteiger partial charge is 0.333 e. The fraction of sp³-hybridized carbons (Fsp3) is 0.261. The zero-order valence-electron chi connectivity index (χ0n) is 17.9. The molecule has 0 amide bonds. The molecule has 0 aliphatic rings. The Hall–Kier alpha value is -3.26. The molecule has 0 aliphatic carbocycles. The van der Waals surface area contributed by atoms with Gasteiger partial charge in [0.25, 0.3) is 0 Å². The molecule has 1 aromatic carbocycles. The van der Waals surface area contributed by atoms with Crippen molar-refractivity contribution in [3.63, 3.8) is 0 Å². The summed E-state index contributed by atoms with van der Waals surface area (Å²) in [5.74, 6) is 0.219. The van der Waals surface area contributed by atoms with E-state index in [0.29, 0.717) is 31.9 Å². The Morgan fingerprint density at radius 3 is 2.59 bits per heavy atom. The van der Waals surface area contributed by atoms with Gasteiger partial charge >= 0.3 is 6.55 Å². The average molecular weight is 459 g/mol. The normalized spacial score (nSPS) is 12.5. The predicted molar refractivity (Wildman–Crippen MR) is 120 cm³/mol. The molecule has 0 radical (unpaired) electrons. The summed E-state index contributed by atoms with van der Waals surface area (Å²) in [7, 11) is 0. The molecule has 4 aromatic rings. The van der Waals surface area contributed by atoms with E-state index < -0.39 is 6.55 Å². The Balaban J connectivity index is 1.86. The molecule has 9 heteroatoms. The number of hydrogen-bond donors (Lipinski definition) is 1. The fourth-order valence-electron chi connectivity index (χ4n) is 3.72. The highest BCUT2D eigenvalue weighted by Gasteiger charge is 2.20. The van der Waals surface area contributed by atoms with E-state index >= 15 is 0 Å². The number of anilines is 1. The third-order valence-corrected chi connectivity index (χ3v) is 5.56. The van der Waals surface area contributed by atoms with E-state index in [4.69, 9.17) is 16.0 Å². The highest BCUT2D eigenvalue weighted by molar-refractivity contribution is 6.29. The number of aromatic nitrogens is 3. The Morgan fingerprint density at radius 1 is 1.19 bits per heavy atom. The van der Waals surface area contributed by atoms with Crippen LogP contribution in [0.5, 0.6) is 0 Å². The molecule has 3 aromatic heterocycles. The van der Waals surface area contributed by atoms with Crippen LogP contribution in [0, 0.1) is 20.8 Å². The van der Waals surface area contributed by atoms with E-state index in [9.17, 15) is 13.6 Å². The van der Waals surface area contributed by atoms with Crippen molar-refractivity contribution in [2.75, 3.05) is 5.32 Å². The van der Waals surface area contributed by atoms with Crippen LogP contribution in [-0.2, 0) is 0 Å². The number of nitrogens with one attached hydrogen (secondary N) is 1. The van der Waals surface area contributed by atoms with Crippen LogP contribution < -0.4 is 10.7 Å². The lowest BCUT2D eigenvalue weighted by atomic mass is 9.99. The molecule has 1 N–H and O–H groups in total. The number of pyridine rings is 1. The number of nitrogens with zero attached hydrogens (tertiary/aromatic N) is 3. The predicted octanol–water partition coefficient (Wildman–Crippen LogP) is 6.20. The second-order valence-electron chi connectivity index (χ2n) is 7.74. The van der Waals surface area contributed by atoms with Gasteiger partial charge in [-0.1, -0.05) is 17.7 Å². The van der Waals surface area contributed by atoms with Gasteiger partial charge in [0.1, 0.15) is 16.5 Å². The molecule has 166 valence electrons. The summed E-state index contributed by atoms with van der Waals surface area (Å²) >= 11 is 5.96. The summed E-state index contributed by atoms with van der Waals surface area (Å²) in [6.07, 6.45) is 2.43. The summed E-state index contributed by atoms with van der Waals surface area (Å²) < 4.78 is 32.7. The van der Waals surface area contributed by atoms with Crippen LogP contribution in [0.25, 0.3) is 22.3 Å². The van der Waals surface area contributed by atoms with Gasteiger partial charge in [-0.05, 0) is 51.5 Å². The minimum Gasteiger partial charge on any atom is -0.455 e. The first-order valence-corrected chi connectivity index (χ1v) is 10.3. The third-order valence-electron chi connectivity index (χ3n) is 5.35. The first kappa shape index (κ1) is 22.0. The van der Waals surface area contributed by atoms with E-state index in [2.05, 4.69) is 15.4 Å². The molecule has 6 nitrogen and oxygen atoms in total. The van der Waals surface area contributed by atoms with Crippen LogP contribution in [0.3, 0.4) is 0 Å². The fourth-order valence-corrected chi connectivity index (χ4v) is 3.91. The van der Waals surface area contributed by atoms with Crippen LogP contribution in [0.15, 0.2) is 45.9 Å². The lowest BCUT2D eigenvalue weighted by Crippen LogP contribution is -2.13. The van der Waals surface area contributed by atoms with Crippen molar-refractivity contribution in [3.05, 3.63) is 74.4 Å². The van der Waals surface area contributed by atoms with Crippen molar-refractivity contribution in [2.24, 2.45) is 0 Å². The van der Waals surface area contributed by atoms with E-state index in [-0.39, 0.29) is 17.2 Å². The van der Waals surface area contributed by atoms with E-state index in [1.807, 2.05) is 32.9 Å². The van der Waals surface area contributed by atoms with Crippen molar-refractivity contribution in [1.82, 2.24) is 14.8 Å². The monoisotopic (exact) mass is 458 g/mol. The first-order valence-electron chi connectivity index (χ1n) is 9.96. The molecular formula is C23H21ClF2N4O2. The molecule has 0 spiro atoms. The van der Waals surface area contributed by atoms with Crippen LogP contribution in [0.2, 0.25) is 5.15 Å². The van der Waals surface area contributed by atoms with E-state index in [1.165, 1.54) is 12.4 Å². The number of halogens is 3. The minimum absolute atomic E-state index is 0.215. The van der Waals surface area contributed by atoms with E-state index in [1.54, 1.807) is 19.1 Å². The Labute approximate surface area is 187 Å². The standard InChI is InChI=1S/C23H21ClF2N4O2/c1-11-7-16(13(3)28-18-5-6-19(24)29-14(18)4)22-17(8-11)20(31)12(2)21(32-22)15-9-27-30(10-15)23(25)26/h5-10,13,23,28H,1-4H3/t13-/m1/s1. The summed E-state index contributed by atoms with van der Waals surface area (Å²) in [4.78, 5) is 17.4. The van der Waals surface area contributed by atoms with Crippen LogP contribution in [0.1, 0.15) is 41.9 Å². The molecule has 0 saturated heterocycles. The number of hydrogen-bond acceptors (Lipinski definition) is 5. The first-order chi connectivity index (χ1) is 15.2. The molecule has 4 rings (SSSR count). The molecule has 3 heterocycles. The van der Waals surface area contributed by atoms with Crippen LogP contribution in [0.4, 0.5) is 14.5 Å². The van der Waals surface area contributed by atoms with Gasteiger partial charge in [-0.3, -0.25) is 4.79 Å². The second-order valence-corrected chi connectivity index (χ2v) is 8.12. The summed E-state index contributed by atoms with van der Waals surface area (Å²) in [5.41, 5.74) is 4.01. The molecule has 0 bridgehead atoms. The molecule has 0 fully saturated rings. The molecule has 0 aliphatic heterocycles. The van der Waals surface area contributed by atoms with Gasteiger partial charge in [-0.25, -0.2) is 9.67 Å². The van der Waals surface area contributed by atoms with Crippen LogP contribution >= 0.6 is 11.6 Å². The minimum atomic E-state index is -2.78.